The molecule has 0 amide bonds. The summed E-state index contributed by atoms with van der Waals surface area (Å²) in [5.41, 5.74) is 9.57. The van der Waals surface area contributed by atoms with Crippen molar-refractivity contribution in [1.82, 2.24) is 0 Å². The molecule has 2 atom stereocenters. The summed E-state index contributed by atoms with van der Waals surface area (Å²) in [6.45, 7) is 4.18. The van der Waals surface area contributed by atoms with E-state index in [4.69, 9.17) is 10.5 Å². The predicted molar refractivity (Wildman–Crippen MR) is 102 cm³/mol. The molecule has 3 aromatic rings. The van der Waals surface area contributed by atoms with Crippen molar-refractivity contribution in [3.63, 3.8) is 0 Å². The van der Waals surface area contributed by atoms with Crippen molar-refractivity contribution in [3.8, 4) is 5.75 Å². The normalized spacial score (nSPS) is 13.5. The second kappa shape index (κ2) is 6.93. The van der Waals surface area contributed by atoms with Crippen molar-refractivity contribution in [2.75, 3.05) is 12.4 Å². The highest BCUT2D eigenvalue weighted by Crippen LogP contribution is 2.33. The van der Waals surface area contributed by atoms with Gasteiger partial charge in [0.25, 0.3) is 0 Å². The van der Waals surface area contributed by atoms with Gasteiger partial charge in [-0.1, -0.05) is 36.4 Å². The lowest BCUT2D eigenvalue weighted by Gasteiger charge is -2.20. The molecule has 0 aromatic heterocycles. The topological polar surface area (TPSA) is 47.3 Å². The molecule has 0 radical (unpaired) electrons. The van der Waals surface area contributed by atoms with E-state index in [0.717, 1.165) is 27.8 Å². The number of nitrogens with two attached hydrogens (primary N) is 1. The van der Waals surface area contributed by atoms with Gasteiger partial charge in [0.1, 0.15) is 5.75 Å². The summed E-state index contributed by atoms with van der Waals surface area (Å²) < 4.78 is 5.39. The number of fused-ring (bicyclic) bond motifs is 1. The number of methoxy groups -OCH3 is 1. The van der Waals surface area contributed by atoms with Crippen LogP contribution in [0, 0.1) is 0 Å². The van der Waals surface area contributed by atoms with Crippen LogP contribution in [0.25, 0.3) is 10.8 Å². The van der Waals surface area contributed by atoms with Gasteiger partial charge in [-0.15, -0.1) is 0 Å². The summed E-state index contributed by atoms with van der Waals surface area (Å²) in [5, 5.41) is 5.94. The molecule has 2 unspecified atom stereocenters. The minimum absolute atomic E-state index is 0.0101. The molecule has 3 aromatic carbocycles. The van der Waals surface area contributed by atoms with Gasteiger partial charge in [-0.05, 0) is 54.6 Å². The standard InChI is InChI=1S/C21H24N2O/c1-14(22)18-11-17-9-10-19(24-3)13-20(17)21(12-18)23-15(2)16-7-5-4-6-8-16/h4-15,23H,22H2,1-3H3. The quantitative estimate of drug-likeness (QED) is 0.692. The van der Waals surface area contributed by atoms with E-state index < -0.39 is 0 Å². The molecular formula is C21H24N2O. The van der Waals surface area contributed by atoms with E-state index in [-0.39, 0.29) is 12.1 Å². The maximum atomic E-state index is 6.12. The van der Waals surface area contributed by atoms with Crippen LogP contribution in [0.1, 0.15) is 37.1 Å². The Bertz CT molecular complexity index is 828. The maximum absolute atomic E-state index is 6.12. The van der Waals surface area contributed by atoms with E-state index in [0.29, 0.717) is 0 Å². The summed E-state index contributed by atoms with van der Waals surface area (Å²) in [6.07, 6.45) is 0. The zero-order valence-corrected chi connectivity index (χ0v) is 14.4. The Hall–Kier alpha value is -2.52. The van der Waals surface area contributed by atoms with Gasteiger partial charge in [-0.25, -0.2) is 0 Å². The minimum atomic E-state index is -0.0101. The highest BCUT2D eigenvalue weighted by molar-refractivity contribution is 5.95. The zero-order chi connectivity index (χ0) is 17.1. The first-order valence-electron chi connectivity index (χ1n) is 8.27. The Morgan fingerprint density at radius 1 is 0.917 bits per heavy atom. The van der Waals surface area contributed by atoms with Gasteiger partial charge in [0.05, 0.1) is 7.11 Å². The number of benzene rings is 3. The summed E-state index contributed by atoms with van der Waals surface area (Å²) in [6, 6.07) is 21.0. The van der Waals surface area contributed by atoms with E-state index in [1.54, 1.807) is 7.11 Å². The van der Waals surface area contributed by atoms with Gasteiger partial charge in [-0.2, -0.15) is 0 Å². The number of nitrogens with one attached hydrogen (secondary N) is 1. The molecule has 0 fully saturated rings. The molecule has 3 N–H and O–H groups in total. The third kappa shape index (κ3) is 3.36. The van der Waals surface area contributed by atoms with E-state index in [2.05, 4.69) is 60.8 Å². The van der Waals surface area contributed by atoms with Gasteiger partial charge >= 0.3 is 0 Å². The smallest absolute Gasteiger partial charge is 0.119 e. The van der Waals surface area contributed by atoms with Crippen LogP contribution in [-0.2, 0) is 0 Å². The number of hydrogen-bond donors (Lipinski definition) is 2. The molecule has 0 aliphatic rings. The molecule has 3 nitrogen and oxygen atoms in total. The number of anilines is 1. The van der Waals surface area contributed by atoms with Crippen LogP contribution in [0.2, 0.25) is 0 Å². The average molecular weight is 320 g/mol. The molecule has 0 aliphatic heterocycles. The van der Waals surface area contributed by atoms with Crippen LogP contribution >= 0.6 is 0 Å². The van der Waals surface area contributed by atoms with Gasteiger partial charge in [0.2, 0.25) is 0 Å². The van der Waals surface area contributed by atoms with Crippen molar-refractivity contribution in [2.24, 2.45) is 5.73 Å². The number of hydrogen-bond acceptors (Lipinski definition) is 3. The van der Waals surface area contributed by atoms with E-state index in [9.17, 15) is 0 Å². The Balaban J connectivity index is 2.06. The molecule has 124 valence electrons. The third-order valence-electron chi connectivity index (χ3n) is 4.38. The Morgan fingerprint density at radius 3 is 2.33 bits per heavy atom. The molecule has 3 rings (SSSR count). The van der Waals surface area contributed by atoms with Crippen molar-refractivity contribution < 1.29 is 4.74 Å². The molecular weight excluding hydrogens is 296 g/mol. The molecule has 0 spiro atoms. The predicted octanol–water partition coefficient (Wildman–Crippen LogP) is 5.04. The molecule has 0 saturated carbocycles. The second-order valence-corrected chi connectivity index (χ2v) is 6.22. The molecule has 0 heterocycles. The molecule has 24 heavy (non-hydrogen) atoms. The first kappa shape index (κ1) is 16.3. The zero-order valence-electron chi connectivity index (χ0n) is 14.4. The summed E-state index contributed by atoms with van der Waals surface area (Å²) in [7, 11) is 1.69. The molecule has 0 aliphatic carbocycles. The lowest BCUT2D eigenvalue weighted by atomic mass is 10.00. The highest BCUT2D eigenvalue weighted by atomic mass is 16.5. The molecule has 0 bridgehead atoms. The largest absolute Gasteiger partial charge is 0.497 e. The van der Waals surface area contributed by atoms with Crippen LogP contribution in [0.5, 0.6) is 5.75 Å². The van der Waals surface area contributed by atoms with Crippen molar-refractivity contribution in [1.29, 1.82) is 0 Å². The van der Waals surface area contributed by atoms with E-state index >= 15 is 0 Å². The van der Waals surface area contributed by atoms with Crippen LogP contribution in [-0.4, -0.2) is 7.11 Å². The Morgan fingerprint density at radius 2 is 1.67 bits per heavy atom. The molecule has 3 heteroatoms. The minimum Gasteiger partial charge on any atom is -0.497 e. The van der Waals surface area contributed by atoms with Crippen molar-refractivity contribution >= 4 is 16.5 Å². The monoisotopic (exact) mass is 320 g/mol. The fourth-order valence-electron chi connectivity index (χ4n) is 2.93. The van der Waals surface area contributed by atoms with E-state index in [1.165, 1.54) is 5.56 Å². The van der Waals surface area contributed by atoms with Crippen molar-refractivity contribution in [2.45, 2.75) is 25.9 Å². The fourth-order valence-corrected chi connectivity index (χ4v) is 2.93. The first-order chi connectivity index (χ1) is 11.6. The summed E-state index contributed by atoms with van der Waals surface area (Å²) in [5.74, 6) is 0.853. The lowest BCUT2D eigenvalue weighted by molar-refractivity contribution is 0.415. The van der Waals surface area contributed by atoms with Gasteiger partial charge in [-0.3, -0.25) is 0 Å². The van der Waals surface area contributed by atoms with Crippen LogP contribution in [0.15, 0.2) is 60.7 Å². The summed E-state index contributed by atoms with van der Waals surface area (Å²) >= 11 is 0. The summed E-state index contributed by atoms with van der Waals surface area (Å²) in [4.78, 5) is 0. The SMILES string of the molecule is COc1ccc2cc(C(C)N)cc(NC(C)c3ccccc3)c2c1. The Kier molecular flexibility index (Phi) is 4.72. The van der Waals surface area contributed by atoms with Crippen LogP contribution in [0.3, 0.4) is 0 Å². The fraction of sp³-hybridized carbons (Fsp3) is 0.238. The number of rotatable bonds is 5. The third-order valence-corrected chi connectivity index (χ3v) is 4.38. The van der Waals surface area contributed by atoms with Gasteiger partial charge in [0.15, 0.2) is 0 Å². The first-order valence-corrected chi connectivity index (χ1v) is 8.27. The van der Waals surface area contributed by atoms with Gasteiger partial charge < -0.3 is 15.8 Å². The highest BCUT2D eigenvalue weighted by Gasteiger charge is 2.11. The average Bonchev–Trinajstić information content (AvgIpc) is 2.61. The maximum Gasteiger partial charge on any atom is 0.119 e. The number of ether oxygens (including phenoxy) is 1. The molecule has 0 saturated heterocycles. The Labute approximate surface area is 143 Å². The second-order valence-electron chi connectivity index (χ2n) is 6.22. The van der Waals surface area contributed by atoms with Gasteiger partial charge in [0, 0.05) is 23.2 Å². The lowest BCUT2D eigenvalue weighted by Crippen LogP contribution is -2.09. The van der Waals surface area contributed by atoms with Crippen molar-refractivity contribution in [3.05, 3.63) is 71.8 Å². The van der Waals surface area contributed by atoms with Crippen LogP contribution in [0.4, 0.5) is 5.69 Å². The van der Waals surface area contributed by atoms with E-state index in [1.807, 2.05) is 19.1 Å². The van der Waals surface area contributed by atoms with Crippen LogP contribution < -0.4 is 15.8 Å².